The number of rotatable bonds is 6. The zero-order chi connectivity index (χ0) is 17.6. The Morgan fingerprint density at radius 1 is 1.16 bits per heavy atom. The smallest absolute Gasteiger partial charge is 0.242 e. The molecule has 1 unspecified atom stereocenters. The number of nitrogens with one attached hydrogen (secondary N) is 1. The van der Waals surface area contributed by atoms with Crippen LogP contribution >= 0.6 is 0 Å². The molecule has 1 atom stereocenters. The molecule has 0 aromatic heterocycles. The Labute approximate surface area is 149 Å². The van der Waals surface area contributed by atoms with Crippen molar-refractivity contribution in [3.63, 3.8) is 0 Å². The molecule has 1 saturated heterocycles. The molecule has 4 heteroatoms. The normalized spacial score (nSPS) is 15.8. The first-order valence-electron chi connectivity index (χ1n) is 8.89. The molecule has 1 N–H and O–H groups in total. The molecule has 132 valence electrons. The third kappa shape index (κ3) is 4.20. The van der Waals surface area contributed by atoms with E-state index in [1.807, 2.05) is 49.4 Å². The van der Waals surface area contributed by atoms with Crippen molar-refractivity contribution < 1.29 is 9.53 Å². The summed E-state index contributed by atoms with van der Waals surface area (Å²) in [5.41, 5.74) is 3.22. The first-order chi connectivity index (χ1) is 12.2. The van der Waals surface area contributed by atoms with E-state index in [2.05, 4.69) is 16.3 Å². The summed E-state index contributed by atoms with van der Waals surface area (Å²) in [6, 6.07) is 15.9. The number of nitrogens with zero attached hydrogens (tertiary/aromatic N) is 1. The van der Waals surface area contributed by atoms with Gasteiger partial charge in [0.1, 0.15) is 11.8 Å². The van der Waals surface area contributed by atoms with Gasteiger partial charge in [0, 0.05) is 6.54 Å². The van der Waals surface area contributed by atoms with Crippen LogP contribution in [0.15, 0.2) is 48.5 Å². The van der Waals surface area contributed by atoms with Gasteiger partial charge in [-0.05, 0) is 55.6 Å². The maximum Gasteiger partial charge on any atom is 0.242 e. The number of likely N-dealkylation sites (tertiary alicyclic amines) is 1. The average molecular weight is 338 g/mol. The molecule has 25 heavy (non-hydrogen) atoms. The Hall–Kier alpha value is -2.33. The maximum absolute atomic E-state index is 12.9. The number of aryl methyl sites for hydroxylation is 1. The van der Waals surface area contributed by atoms with Crippen LogP contribution in [0.3, 0.4) is 0 Å². The second-order valence-corrected chi connectivity index (χ2v) is 6.58. The predicted molar refractivity (Wildman–Crippen MR) is 99.6 cm³/mol. The Morgan fingerprint density at radius 3 is 2.52 bits per heavy atom. The fourth-order valence-electron chi connectivity index (χ4n) is 3.50. The molecule has 0 radical (unpaired) electrons. The minimum Gasteiger partial charge on any atom is -0.496 e. The van der Waals surface area contributed by atoms with Gasteiger partial charge in [-0.3, -0.25) is 9.69 Å². The summed E-state index contributed by atoms with van der Waals surface area (Å²) < 4.78 is 5.30. The van der Waals surface area contributed by atoms with Crippen molar-refractivity contribution in [2.75, 3.05) is 20.2 Å². The van der Waals surface area contributed by atoms with E-state index in [0.717, 1.165) is 48.4 Å². The van der Waals surface area contributed by atoms with Crippen LogP contribution in [0.5, 0.6) is 5.75 Å². The zero-order valence-corrected chi connectivity index (χ0v) is 15.0. The van der Waals surface area contributed by atoms with Crippen molar-refractivity contribution in [3.05, 3.63) is 65.2 Å². The first-order valence-corrected chi connectivity index (χ1v) is 8.89. The molecule has 1 fully saturated rings. The molecule has 1 heterocycles. The predicted octanol–water partition coefficient (Wildman–Crippen LogP) is 3.46. The minimum atomic E-state index is -0.206. The molecule has 0 spiro atoms. The lowest BCUT2D eigenvalue weighted by Gasteiger charge is -2.27. The molecule has 0 saturated carbocycles. The highest BCUT2D eigenvalue weighted by molar-refractivity contribution is 5.83. The van der Waals surface area contributed by atoms with E-state index in [9.17, 15) is 4.79 Å². The van der Waals surface area contributed by atoms with Crippen LogP contribution in [0.1, 0.15) is 35.6 Å². The summed E-state index contributed by atoms with van der Waals surface area (Å²) in [5, 5.41) is 3.12. The monoisotopic (exact) mass is 338 g/mol. The molecule has 3 rings (SSSR count). The van der Waals surface area contributed by atoms with Crippen molar-refractivity contribution >= 4 is 5.91 Å². The molecule has 1 aliphatic rings. The van der Waals surface area contributed by atoms with Crippen LogP contribution in [0.4, 0.5) is 0 Å². The second-order valence-electron chi connectivity index (χ2n) is 6.58. The third-order valence-electron chi connectivity index (χ3n) is 4.80. The second kappa shape index (κ2) is 8.17. The summed E-state index contributed by atoms with van der Waals surface area (Å²) in [6.07, 6.45) is 2.32. The maximum atomic E-state index is 12.9. The molecule has 4 nitrogen and oxygen atoms in total. The summed E-state index contributed by atoms with van der Waals surface area (Å²) >= 11 is 0. The number of carbonyl (C=O) groups is 1. The number of hydrogen-bond acceptors (Lipinski definition) is 3. The van der Waals surface area contributed by atoms with Crippen LogP contribution in [0.2, 0.25) is 0 Å². The molecule has 0 aliphatic carbocycles. The van der Waals surface area contributed by atoms with E-state index in [1.165, 1.54) is 0 Å². The van der Waals surface area contributed by atoms with Gasteiger partial charge >= 0.3 is 0 Å². The van der Waals surface area contributed by atoms with Crippen molar-refractivity contribution in [1.29, 1.82) is 0 Å². The Morgan fingerprint density at radius 2 is 1.88 bits per heavy atom. The van der Waals surface area contributed by atoms with Crippen molar-refractivity contribution in [2.24, 2.45) is 0 Å². The van der Waals surface area contributed by atoms with Crippen LogP contribution in [0, 0.1) is 6.92 Å². The van der Waals surface area contributed by atoms with Crippen molar-refractivity contribution in [2.45, 2.75) is 32.4 Å². The van der Waals surface area contributed by atoms with Crippen molar-refractivity contribution in [1.82, 2.24) is 10.2 Å². The van der Waals surface area contributed by atoms with Gasteiger partial charge in [0.15, 0.2) is 0 Å². The van der Waals surface area contributed by atoms with Crippen LogP contribution < -0.4 is 10.1 Å². The molecule has 0 bridgehead atoms. The van der Waals surface area contributed by atoms with Crippen LogP contribution in [-0.4, -0.2) is 31.0 Å². The molecular weight excluding hydrogens is 312 g/mol. The van der Waals surface area contributed by atoms with E-state index in [4.69, 9.17) is 4.74 Å². The lowest BCUT2D eigenvalue weighted by atomic mass is 10.0. The summed E-state index contributed by atoms with van der Waals surface area (Å²) in [6.45, 7) is 4.51. The van der Waals surface area contributed by atoms with Gasteiger partial charge in [0.05, 0.1) is 7.11 Å². The molecular formula is C21H26N2O2. The quantitative estimate of drug-likeness (QED) is 0.877. The van der Waals surface area contributed by atoms with E-state index in [0.29, 0.717) is 6.54 Å². The summed E-state index contributed by atoms with van der Waals surface area (Å²) in [4.78, 5) is 15.2. The van der Waals surface area contributed by atoms with Gasteiger partial charge < -0.3 is 10.1 Å². The zero-order valence-electron chi connectivity index (χ0n) is 15.0. The fraction of sp³-hybridized carbons (Fsp3) is 0.381. The Balaban J connectivity index is 1.71. The average Bonchev–Trinajstić information content (AvgIpc) is 3.15. The fourth-order valence-corrected chi connectivity index (χ4v) is 3.50. The largest absolute Gasteiger partial charge is 0.496 e. The van der Waals surface area contributed by atoms with Crippen LogP contribution in [0.25, 0.3) is 0 Å². The number of benzene rings is 2. The summed E-state index contributed by atoms with van der Waals surface area (Å²) in [5.74, 6) is 0.941. The highest BCUT2D eigenvalue weighted by Crippen LogP contribution is 2.25. The highest BCUT2D eigenvalue weighted by Gasteiger charge is 2.29. The first kappa shape index (κ1) is 17.5. The topological polar surface area (TPSA) is 41.6 Å². The molecule has 1 amide bonds. The lowest BCUT2D eigenvalue weighted by Crippen LogP contribution is -2.39. The van der Waals surface area contributed by atoms with E-state index >= 15 is 0 Å². The van der Waals surface area contributed by atoms with Crippen LogP contribution in [-0.2, 0) is 11.3 Å². The van der Waals surface area contributed by atoms with Crippen molar-refractivity contribution in [3.8, 4) is 5.75 Å². The van der Waals surface area contributed by atoms with E-state index in [-0.39, 0.29) is 11.9 Å². The summed E-state index contributed by atoms with van der Waals surface area (Å²) in [7, 11) is 1.67. The minimum absolute atomic E-state index is 0.0709. The third-order valence-corrected chi connectivity index (χ3v) is 4.80. The highest BCUT2D eigenvalue weighted by atomic mass is 16.5. The SMILES string of the molecule is COc1ccc(CNC(=O)C(c2ccccc2)N2CCCC2)cc1C. The lowest BCUT2D eigenvalue weighted by molar-refractivity contribution is -0.126. The number of hydrogen-bond donors (Lipinski definition) is 1. The Bertz CT molecular complexity index is 709. The number of amides is 1. The molecule has 2 aromatic rings. The van der Waals surface area contributed by atoms with Gasteiger partial charge in [-0.2, -0.15) is 0 Å². The Kier molecular flexibility index (Phi) is 5.71. The number of methoxy groups -OCH3 is 1. The molecule has 1 aliphatic heterocycles. The van der Waals surface area contributed by atoms with E-state index < -0.39 is 0 Å². The van der Waals surface area contributed by atoms with E-state index in [1.54, 1.807) is 7.11 Å². The number of ether oxygens (including phenoxy) is 1. The van der Waals surface area contributed by atoms with Gasteiger partial charge in [0.2, 0.25) is 5.91 Å². The van der Waals surface area contributed by atoms with Gasteiger partial charge in [-0.1, -0.05) is 42.5 Å². The number of carbonyl (C=O) groups excluding carboxylic acids is 1. The van der Waals surface area contributed by atoms with Gasteiger partial charge in [-0.25, -0.2) is 0 Å². The molecule has 2 aromatic carbocycles. The standard InChI is InChI=1S/C21H26N2O2/c1-16-14-17(10-11-19(16)25-2)15-22-21(24)20(23-12-6-7-13-23)18-8-4-3-5-9-18/h3-5,8-11,14,20H,6-7,12-13,15H2,1-2H3,(H,22,24). The van der Waals surface area contributed by atoms with Gasteiger partial charge in [0.25, 0.3) is 0 Å². The van der Waals surface area contributed by atoms with Gasteiger partial charge in [-0.15, -0.1) is 0 Å².